The second kappa shape index (κ2) is 3.73. The van der Waals surface area contributed by atoms with Crippen LogP contribution < -0.4 is 0 Å². The molecular formula is C10H11F3O2. The predicted octanol–water partition coefficient (Wildman–Crippen LogP) is 2.60. The van der Waals surface area contributed by atoms with E-state index in [2.05, 4.69) is 0 Å². The first-order valence-electron chi connectivity index (χ1n) is 4.28. The van der Waals surface area contributed by atoms with Crippen LogP contribution in [0.1, 0.15) is 22.8 Å². The molecule has 15 heavy (non-hydrogen) atoms. The smallest absolute Gasteiger partial charge is 0.418 e. The van der Waals surface area contributed by atoms with Crippen LogP contribution >= 0.6 is 0 Å². The van der Waals surface area contributed by atoms with Crippen molar-refractivity contribution in [2.24, 2.45) is 0 Å². The number of aliphatic hydroxyl groups is 1. The summed E-state index contributed by atoms with van der Waals surface area (Å²) >= 11 is 0. The van der Waals surface area contributed by atoms with Crippen LogP contribution in [0.4, 0.5) is 13.2 Å². The van der Waals surface area contributed by atoms with Gasteiger partial charge >= 0.3 is 6.18 Å². The zero-order valence-electron chi connectivity index (χ0n) is 8.26. The van der Waals surface area contributed by atoms with Gasteiger partial charge in [-0.3, -0.25) is 0 Å². The minimum absolute atomic E-state index is 0.509. The monoisotopic (exact) mass is 220 g/mol. The van der Waals surface area contributed by atoms with Crippen molar-refractivity contribution in [3.63, 3.8) is 0 Å². The number of aliphatic hydroxyl groups excluding tert-OH is 1. The molecule has 0 bridgehead atoms. The van der Waals surface area contributed by atoms with E-state index < -0.39 is 23.6 Å². The van der Waals surface area contributed by atoms with Gasteiger partial charge in [-0.25, -0.2) is 0 Å². The van der Waals surface area contributed by atoms with Crippen LogP contribution in [0.3, 0.4) is 0 Å². The molecule has 0 heterocycles. The van der Waals surface area contributed by atoms with Gasteiger partial charge in [0.15, 0.2) is 6.10 Å². The van der Waals surface area contributed by atoms with Crippen molar-refractivity contribution in [1.82, 2.24) is 0 Å². The number of benzene rings is 1. The minimum atomic E-state index is -4.76. The van der Waals surface area contributed by atoms with Gasteiger partial charge in [0.05, 0.1) is 0 Å². The number of hydrogen-bond acceptors (Lipinski definition) is 2. The van der Waals surface area contributed by atoms with Gasteiger partial charge in [0.1, 0.15) is 5.75 Å². The molecule has 0 radical (unpaired) electrons. The van der Waals surface area contributed by atoms with E-state index >= 15 is 0 Å². The molecule has 84 valence electrons. The molecule has 2 N–H and O–H groups in total. The summed E-state index contributed by atoms with van der Waals surface area (Å²) in [5.74, 6) is -0.539. The van der Waals surface area contributed by atoms with Gasteiger partial charge in [-0.05, 0) is 37.1 Å². The van der Waals surface area contributed by atoms with Gasteiger partial charge in [-0.1, -0.05) is 0 Å². The van der Waals surface area contributed by atoms with Crippen LogP contribution in [-0.2, 0) is 0 Å². The lowest BCUT2D eigenvalue weighted by Crippen LogP contribution is -2.20. The Morgan fingerprint density at radius 1 is 1.13 bits per heavy atom. The quantitative estimate of drug-likeness (QED) is 0.763. The molecule has 0 fully saturated rings. The summed E-state index contributed by atoms with van der Waals surface area (Å²) in [6.07, 6.45) is -7.41. The minimum Gasteiger partial charge on any atom is -0.508 e. The largest absolute Gasteiger partial charge is 0.508 e. The highest BCUT2D eigenvalue weighted by Gasteiger charge is 2.40. The Kier molecular flexibility index (Phi) is 2.95. The van der Waals surface area contributed by atoms with Crippen molar-refractivity contribution in [2.75, 3.05) is 0 Å². The summed E-state index contributed by atoms with van der Waals surface area (Å²) in [6.45, 7) is 3.28. The van der Waals surface area contributed by atoms with E-state index in [0.717, 1.165) is 6.07 Å². The fraction of sp³-hybridized carbons (Fsp3) is 0.400. The Hall–Kier alpha value is -1.23. The van der Waals surface area contributed by atoms with E-state index in [4.69, 9.17) is 5.11 Å². The first-order valence-corrected chi connectivity index (χ1v) is 4.28. The molecule has 0 aliphatic carbocycles. The lowest BCUT2D eigenvalue weighted by atomic mass is 10.0. The zero-order valence-corrected chi connectivity index (χ0v) is 8.26. The second-order valence-corrected chi connectivity index (χ2v) is 3.44. The fourth-order valence-electron chi connectivity index (χ4n) is 1.22. The van der Waals surface area contributed by atoms with E-state index in [1.54, 1.807) is 13.8 Å². The Morgan fingerprint density at radius 2 is 1.60 bits per heavy atom. The molecule has 0 saturated carbocycles. The van der Waals surface area contributed by atoms with Gasteiger partial charge in [-0.2, -0.15) is 13.2 Å². The van der Waals surface area contributed by atoms with Crippen molar-refractivity contribution in [1.29, 1.82) is 0 Å². The van der Waals surface area contributed by atoms with Crippen LogP contribution in [0.5, 0.6) is 5.75 Å². The summed E-state index contributed by atoms with van der Waals surface area (Å²) in [6, 6.07) is 2.35. The summed E-state index contributed by atoms with van der Waals surface area (Å²) in [7, 11) is 0. The molecule has 0 aliphatic heterocycles. The summed E-state index contributed by atoms with van der Waals surface area (Å²) in [5, 5.41) is 18.3. The molecule has 1 atom stereocenters. The highest BCUT2D eigenvalue weighted by molar-refractivity contribution is 5.42. The van der Waals surface area contributed by atoms with E-state index in [0.29, 0.717) is 11.1 Å². The maximum Gasteiger partial charge on any atom is 0.418 e. The first kappa shape index (κ1) is 11.8. The van der Waals surface area contributed by atoms with Crippen molar-refractivity contribution >= 4 is 0 Å². The summed E-state index contributed by atoms with van der Waals surface area (Å²) in [5.41, 5.74) is 0.752. The average molecular weight is 220 g/mol. The first-order chi connectivity index (χ1) is 6.73. The van der Waals surface area contributed by atoms with Gasteiger partial charge in [0.25, 0.3) is 0 Å². The molecule has 0 aliphatic rings. The Labute approximate surface area is 85.0 Å². The topological polar surface area (TPSA) is 40.5 Å². The number of hydrogen-bond donors (Lipinski definition) is 2. The van der Waals surface area contributed by atoms with Crippen LogP contribution in [0.2, 0.25) is 0 Å². The third-order valence-corrected chi connectivity index (χ3v) is 2.25. The Morgan fingerprint density at radius 3 is 2.07 bits per heavy atom. The maximum absolute atomic E-state index is 12.2. The molecule has 0 amide bonds. The van der Waals surface area contributed by atoms with Crippen molar-refractivity contribution in [3.8, 4) is 5.75 Å². The number of halogens is 3. The molecule has 5 heteroatoms. The van der Waals surface area contributed by atoms with Crippen LogP contribution in [0.25, 0.3) is 0 Å². The van der Waals surface area contributed by atoms with Gasteiger partial charge in [-0.15, -0.1) is 0 Å². The lowest BCUT2D eigenvalue weighted by Gasteiger charge is -2.17. The van der Waals surface area contributed by atoms with E-state index in [-0.39, 0.29) is 0 Å². The summed E-state index contributed by atoms with van der Waals surface area (Å²) < 4.78 is 36.6. The number of phenolic OH excluding ortho intramolecular Hbond substituents is 1. The summed E-state index contributed by atoms with van der Waals surface area (Å²) in [4.78, 5) is 0. The predicted molar refractivity (Wildman–Crippen MR) is 48.6 cm³/mol. The maximum atomic E-state index is 12.2. The molecule has 1 unspecified atom stereocenters. The van der Waals surface area contributed by atoms with Crippen molar-refractivity contribution in [2.45, 2.75) is 26.1 Å². The van der Waals surface area contributed by atoms with Crippen molar-refractivity contribution < 1.29 is 23.4 Å². The van der Waals surface area contributed by atoms with E-state index in [1.807, 2.05) is 0 Å². The molecule has 2 nitrogen and oxygen atoms in total. The number of rotatable bonds is 1. The lowest BCUT2D eigenvalue weighted by molar-refractivity contribution is -0.207. The highest BCUT2D eigenvalue weighted by atomic mass is 19.4. The Bertz CT molecular complexity index is 372. The molecule has 0 saturated heterocycles. The van der Waals surface area contributed by atoms with Gasteiger partial charge in [0.2, 0.25) is 0 Å². The normalized spacial score (nSPS) is 14.0. The van der Waals surface area contributed by atoms with E-state index in [9.17, 15) is 18.3 Å². The highest BCUT2D eigenvalue weighted by Crippen LogP contribution is 2.37. The number of aryl methyl sites for hydroxylation is 2. The molecular weight excluding hydrogens is 209 g/mol. The van der Waals surface area contributed by atoms with Crippen LogP contribution in [-0.4, -0.2) is 16.4 Å². The Balaban J connectivity index is 3.21. The zero-order chi connectivity index (χ0) is 11.8. The third kappa shape index (κ3) is 2.41. The number of aromatic hydroxyl groups is 1. The van der Waals surface area contributed by atoms with Crippen LogP contribution in [0.15, 0.2) is 12.1 Å². The molecule has 0 aromatic heterocycles. The average Bonchev–Trinajstić information content (AvgIpc) is 2.08. The number of alkyl halides is 3. The SMILES string of the molecule is Cc1cc(O)c(C(O)C(F)(F)F)cc1C. The molecule has 1 aromatic rings. The molecule has 1 rings (SSSR count). The molecule has 0 spiro atoms. The van der Waals surface area contributed by atoms with Crippen LogP contribution in [0, 0.1) is 13.8 Å². The van der Waals surface area contributed by atoms with Gasteiger partial charge in [0, 0.05) is 5.56 Å². The fourth-order valence-corrected chi connectivity index (χ4v) is 1.22. The standard InChI is InChI=1S/C10H11F3O2/c1-5-3-7(8(14)4-6(5)2)9(15)10(11,12)13/h3-4,9,14-15H,1-2H3. The molecule has 1 aromatic carbocycles. The van der Waals surface area contributed by atoms with Gasteiger partial charge < -0.3 is 10.2 Å². The van der Waals surface area contributed by atoms with E-state index in [1.165, 1.54) is 6.07 Å². The third-order valence-electron chi connectivity index (χ3n) is 2.25. The van der Waals surface area contributed by atoms with Crippen molar-refractivity contribution in [3.05, 3.63) is 28.8 Å². The number of phenols is 1. The second-order valence-electron chi connectivity index (χ2n) is 3.44.